The van der Waals surface area contributed by atoms with Crippen LogP contribution in [-0.4, -0.2) is 29.4 Å². The van der Waals surface area contributed by atoms with Gasteiger partial charge in [-0.3, -0.25) is 4.79 Å². The first-order valence-corrected chi connectivity index (χ1v) is 5.02. The highest BCUT2D eigenvalue weighted by Crippen LogP contribution is 2.27. The van der Waals surface area contributed by atoms with Crippen molar-refractivity contribution >= 4 is 5.91 Å². The van der Waals surface area contributed by atoms with E-state index in [1.165, 1.54) is 0 Å². The Balaban J connectivity index is 2.83. The Morgan fingerprint density at radius 1 is 1.57 bits per heavy atom. The summed E-state index contributed by atoms with van der Waals surface area (Å²) in [5, 5.41) is 8.93. The second-order valence-corrected chi connectivity index (χ2v) is 3.95. The van der Waals surface area contributed by atoms with Gasteiger partial charge in [-0.25, -0.2) is 0 Å². The third-order valence-corrected chi connectivity index (χ3v) is 3.11. The van der Waals surface area contributed by atoms with Crippen LogP contribution >= 0.6 is 0 Å². The molecule has 1 aliphatic rings. The van der Waals surface area contributed by atoms with E-state index in [0.717, 1.165) is 12.8 Å². The minimum atomic E-state index is -0.280. The van der Waals surface area contributed by atoms with Gasteiger partial charge in [0, 0.05) is 6.04 Å². The summed E-state index contributed by atoms with van der Waals surface area (Å²) in [7, 11) is 0. The molecule has 1 rings (SSSR count). The van der Waals surface area contributed by atoms with Gasteiger partial charge in [-0.1, -0.05) is 6.92 Å². The van der Waals surface area contributed by atoms with Crippen molar-refractivity contribution in [2.45, 2.75) is 38.8 Å². The van der Waals surface area contributed by atoms with E-state index in [0.29, 0.717) is 5.92 Å². The van der Waals surface area contributed by atoms with Crippen LogP contribution in [0.4, 0.5) is 0 Å². The van der Waals surface area contributed by atoms with Gasteiger partial charge in [-0.15, -0.1) is 0 Å². The lowest BCUT2D eigenvalue weighted by Crippen LogP contribution is -2.53. The number of piperidine rings is 1. The highest BCUT2D eigenvalue weighted by Gasteiger charge is 2.34. The normalized spacial score (nSPS) is 32.4. The van der Waals surface area contributed by atoms with Crippen molar-refractivity contribution in [1.29, 1.82) is 5.26 Å². The molecule has 0 aromatic heterocycles. The van der Waals surface area contributed by atoms with E-state index < -0.39 is 0 Å². The summed E-state index contributed by atoms with van der Waals surface area (Å²) in [6, 6.07) is 2.02. The second kappa shape index (κ2) is 4.43. The second-order valence-electron chi connectivity index (χ2n) is 3.95. The fraction of sp³-hybridized carbons (Fsp3) is 0.800. The molecule has 0 aromatic carbocycles. The molecule has 4 heteroatoms. The van der Waals surface area contributed by atoms with E-state index in [-0.39, 0.29) is 24.5 Å². The van der Waals surface area contributed by atoms with E-state index in [9.17, 15) is 4.79 Å². The molecule has 0 aromatic rings. The molecule has 0 spiro atoms. The molecular formula is C10H17N3O. The van der Waals surface area contributed by atoms with Crippen molar-refractivity contribution in [2.75, 3.05) is 6.54 Å². The SMILES string of the molecule is CC1[C@@H](C)CCC(C#N)N1C(=O)CN. The maximum absolute atomic E-state index is 11.5. The monoisotopic (exact) mass is 195 g/mol. The van der Waals surface area contributed by atoms with E-state index in [2.05, 4.69) is 13.0 Å². The number of nitrogens with two attached hydrogens (primary N) is 1. The van der Waals surface area contributed by atoms with Crippen LogP contribution < -0.4 is 5.73 Å². The molecule has 14 heavy (non-hydrogen) atoms. The van der Waals surface area contributed by atoms with Crippen LogP contribution in [0.3, 0.4) is 0 Å². The number of nitriles is 1. The van der Waals surface area contributed by atoms with Crippen molar-refractivity contribution in [3.63, 3.8) is 0 Å². The number of carbonyl (C=O) groups is 1. The molecule has 2 unspecified atom stereocenters. The van der Waals surface area contributed by atoms with E-state index in [1.807, 2.05) is 6.92 Å². The van der Waals surface area contributed by atoms with Crippen LogP contribution in [0.2, 0.25) is 0 Å². The summed E-state index contributed by atoms with van der Waals surface area (Å²) in [5.41, 5.74) is 5.33. The topological polar surface area (TPSA) is 70.1 Å². The summed E-state index contributed by atoms with van der Waals surface area (Å²) in [6.07, 6.45) is 1.78. The lowest BCUT2D eigenvalue weighted by Gasteiger charge is -2.41. The Labute approximate surface area is 84.7 Å². The van der Waals surface area contributed by atoms with E-state index in [1.54, 1.807) is 4.90 Å². The number of likely N-dealkylation sites (tertiary alicyclic amines) is 1. The first kappa shape index (κ1) is 11.0. The molecule has 0 aliphatic carbocycles. The smallest absolute Gasteiger partial charge is 0.237 e. The van der Waals surface area contributed by atoms with Gasteiger partial charge in [0.05, 0.1) is 12.6 Å². The Morgan fingerprint density at radius 3 is 2.71 bits per heavy atom. The lowest BCUT2D eigenvalue weighted by atomic mass is 9.88. The average molecular weight is 195 g/mol. The van der Waals surface area contributed by atoms with Gasteiger partial charge in [0.1, 0.15) is 6.04 Å². The molecule has 0 radical (unpaired) electrons. The standard InChI is InChI=1S/C10H17N3O/c1-7-3-4-9(5-11)13(8(7)2)10(14)6-12/h7-9H,3-4,6,12H2,1-2H3/t7-,8?,9?/m0/s1. The van der Waals surface area contributed by atoms with Crippen LogP contribution in [0.25, 0.3) is 0 Å². The van der Waals surface area contributed by atoms with Crippen LogP contribution in [0.5, 0.6) is 0 Å². The fourth-order valence-corrected chi connectivity index (χ4v) is 1.99. The van der Waals surface area contributed by atoms with Crippen molar-refractivity contribution in [3.05, 3.63) is 0 Å². The van der Waals surface area contributed by atoms with E-state index >= 15 is 0 Å². The molecule has 78 valence electrons. The lowest BCUT2D eigenvalue weighted by molar-refractivity contribution is -0.136. The highest BCUT2D eigenvalue weighted by atomic mass is 16.2. The molecule has 2 N–H and O–H groups in total. The third-order valence-electron chi connectivity index (χ3n) is 3.11. The summed E-state index contributed by atoms with van der Waals surface area (Å²) in [6.45, 7) is 4.09. The predicted octanol–water partition coefficient (Wildman–Crippen LogP) is 0.484. The van der Waals surface area contributed by atoms with Crippen LogP contribution in [-0.2, 0) is 4.79 Å². The fourth-order valence-electron chi connectivity index (χ4n) is 1.99. The van der Waals surface area contributed by atoms with Crippen molar-refractivity contribution in [1.82, 2.24) is 4.90 Å². The molecule has 1 aliphatic heterocycles. The van der Waals surface area contributed by atoms with Gasteiger partial charge < -0.3 is 10.6 Å². The zero-order valence-corrected chi connectivity index (χ0v) is 8.73. The highest BCUT2D eigenvalue weighted by molar-refractivity contribution is 5.79. The van der Waals surface area contributed by atoms with Gasteiger partial charge in [-0.05, 0) is 25.7 Å². The number of amides is 1. The number of rotatable bonds is 1. The summed E-state index contributed by atoms with van der Waals surface area (Å²) < 4.78 is 0. The van der Waals surface area contributed by atoms with Gasteiger partial charge >= 0.3 is 0 Å². The Bertz CT molecular complexity index is 259. The maximum Gasteiger partial charge on any atom is 0.237 e. The van der Waals surface area contributed by atoms with Crippen LogP contribution in [0.1, 0.15) is 26.7 Å². The first-order valence-electron chi connectivity index (χ1n) is 5.02. The Hall–Kier alpha value is -1.08. The zero-order chi connectivity index (χ0) is 10.7. The Kier molecular flexibility index (Phi) is 3.48. The molecule has 1 fully saturated rings. The van der Waals surface area contributed by atoms with Gasteiger partial charge in [0.2, 0.25) is 5.91 Å². The molecule has 0 saturated carbocycles. The van der Waals surface area contributed by atoms with Crippen molar-refractivity contribution in [2.24, 2.45) is 11.7 Å². The summed E-state index contributed by atoms with van der Waals surface area (Å²) in [4.78, 5) is 13.2. The summed E-state index contributed by atoms with van der Waals surface area (Å²) in [5.74, 6) is 0.339. The van der Waals surface area contributed by atoms with Gasteiger partial charge in [-0.2, -0.15) is 5.26 Å². The maximum atomic E-state index is 11.5. The zero-order valence-electron chi connectivity index (χ0n) is 8.73. The molecule has 1 heterocycles. The predicted molar refractivity (Wildman–Crippen MR) is 53.2 cm³/mol. The largest absolute Gasteiger partial charge is 0.323 e. The molecule has 4 nitrogen and oxygen atoms in total. The Morgan fingerprint density at radius 2 is 2.21 bits per heavy atom. The minimum Gasteiger partial charge on any atom is -0.323 e. The first-order chi connectivity index (χ1) is 6.61. The quantitative estimate of drug-likeness (QED) is 0.661. The van der Waals surface area contributed by atoms with Crippen molar-refractivity contribution < 1.29 is 4.79 Å². The summed E-state index contributed by atoms with van der Waals surface area (Å²) >= 11 is 0. The van der Waals surface area contributed by atoms with Gasteiger partial charge in [0.25, 0.3) is 0 Å². The molecular weight excluding hydrogens is 178 g/mol. The number of hydrogen-bond donors (Lipinski definition) is 1. The number of hydrogen-bond acceptors (Lipinski definition) is 3. The minimum absolute atomic E-state index is 0.00472. The van der Waals surface area contributed by atoms with Crippen LogP contribution in [0.15, 0.2) is 0 Å². The molecule has 3 atom stereocenters. The molecule has 1 amide bonds. The average Bonchev–Trinajstić information content (AvgIpc) is 2.20. The van der Waals surface area contributed by atoms with Crippen molar-refractivity contribution in [3.8, 4) is 6.07 Å². The van der Waals surface area contributed by atoms with Crippen LogP contribution in [0, 0.1) is 17.2 Å². The molecule has 1 saturated heterocycles. The number of carbonyl (C=O) groups excluding carboxylic acids is 1. The third kappa shape index (κ3) is 1.88. The molecule has 0 bridgehead atoms. The van der Waals surface area contributed by atoms with E-state index in [4.69, 9.17) is 11.0 Å². The van der Waals surface area contributed by atoms with Gasteiger partial charge in [0.15, 0.2) is 0 Å². The number of nitrogens with zero attached hydrogens (tertiary/aromatic N) is 2.